The summed E-state index contributed by atoms with van der Waals surface area (Å²) in [5.41, 5.74) is 0. The lowest BCUT2D eigenvalue weighted by Gasteiger charge is -2.40. The average Bonchev–Trinajstić information content (AvgIpc) is 2.50. The number of carbonyl (C=O) groups is 1. The molecule has 0 aromatic carbocycles. The molecule has 0 N–H and O–H groups in total. The van der Waals surface area contributed by atoms with E-state index >= 15 is 0 Å². The fraction of sp³-hybridized carbons (Fsp3) is 0.929. The Morgan fingerprint density at radius 1 is 1.35 bits per heavy atom. The molecule has 2 aliphatic heterocycles. The molecule has 0 radical (unpaired) electrons. The Morgan fingerprint density at radius 3 is 3.06 bits per heavy atom. The molecule has 3 nitrogen and oxygen atoms in total. The Morgan fingerprint density at radius 2 is 2.24 bits per heavy atom. The summed E-state index contributed by atoms with van der Waals surface area (Å²) in [4.78, 5) is 14.0. The molecule has 0 aliphatic carbocycles. The van der Waals surface area contributed by atoms with Crippen molar-refractivity contribution in [3.05, 3.63) is 0 Å². The monoisotopic (exact) mass is 239 g/mol. The van der Waals surface area contributed by atoms with Gasteiger partial charge in [-0.2, -0.15) is 0 Å². The highest BCUT2D eigenvalue weighted by molar-refractivity contribution is 5.70. The van der Waals surface area contributed by atoms with E-state index in [1.807, 2.05) is 0 Å². The molecule has 0 aromatic heterocycles. The first kappa shape index (κ1) is 12.9. The topological polar surface area (TPSA) is 29.5 Å². The first-order chi connectivity index (χ1) is 8.31. The first-order valence-electron chi connectivity index (χ1n) is 7.22. The Hall–Kier alpha value is -0.570. The van der Waals surface area contributed by atoms with E-state index in [2.05, 4.69) is 11.8 Å². The van der Waals surface area contributed by atoms with Gasteiger partial charge in [0.15, 0.2) is 0 Å². The van der Waals surface area contributed by atoms with Crippen LogP contribution in [0, 0.1) is 0 Å². The summed E-state index contributed by atoms with van der Waals surface area (Å²) in [5.74, 6) is 0.00621. The van der Waals surface area contributed by atoms with E-state index < -0.39 is 0 Å². The van der Waals surface area contributed by atoms with E-state index in [1.54, 1.807) is 0 Å². The van der Waals surface area contributed by atoms with Crippen molar-refractivity contribution in [2.45, 2.75) is 70.4 Å². The number of carbonyl (C=O) groups excluding carboxylic acids is 1. The minimum absolute atomic E-state index is 0.00621. The molecule has 2 saturated heterocycles. The largest absolute Gasteiger partial charge is 0.464 e. The number of rotatable bonds is 4. The maximum atomic E-state index is 11.5. The van der Waals surface area contributed by atoms with E-state index in [1.165, 1.54) is 44.9 Å². The SMILES string of the molecule is CCCCC[C@H]1CCC[C@H]2CC(=O)OCCN12. The van der Waals surface area contributed by atoms with Crippen molar-refractivity contribution in [3.8, 4) is 0 Å². The van der Waals surface area contributed by atoms with Crippen molar-refractivity contribution < 1.29 is 9.53 Å². The van der Waals surface area contributed by atoms with Crippen LogP contribution >= 0.6 is 0 Å². The predicted octanol–water partition coefficient (Wildman–Crippen LogP) is 2.74. The van der Waals surface area contributed by atoms with Crippen molar-refractivity contribution in [2.24, 2.45) is 0 Å². The second-order valence-electron chi connectivity index (χ2n) is 5.40. The lowest BCUT2D eigenvalue weighted by molar-refractivity contribution is -0.142. The molecule has 2 fully saturated rings. The van der Waals surface area contributed by atoms with E-state index in [0.717, 1.165) is 6.54 Å². The van der Waals surface area contributed by atoms with Crippen molar-refractivity contribution in [1.29, 1.82) is 0 Å². The molecule has 98 valence electrons. The predicted molar refractivity (Wildman–Crippen MR) is 67.9 cm³/mol. The third kappa shape index (κ3) is 3.44. The molecule has 2 heterocycles. The van der Waals surface area contributed by atoms with Gasteiger partial charge >= 0.3 is 5.97 Å². The number of piperidine rings is 1. The van der Waals surface area contributed by atoms with Gasteiger partial charge in [-0.25, -0.2) is 0 Å². The van der Waals surface area contributed by atoms with Crippen LogP contribution in [-0.2, 0) is 9.53 Å². The normalized spacial score (nSPS) is 30.5. The quantitative estimate of drug-likeness (QED) is 0.558. The van der Waals surface area contributed by atoms with E-state index in [0.29, 0.717) is 25.1 Å². The lowest BCUT2D eigenvalue weighted by Crippen LogP contribution is -2.47. The lowest BCUT2D eigenvalue weighted by atomic mass is 9.91. The van der Waals surface area contributed by atoms with Crippen LogP contribution in [0.1, 0.15) is 58.3 Å². The Bertz CT molecular complexity index is 255. The minimum atomic E-state index is 0.00621. The number of cyclic esters (lactones) is 1. The highest BCUT2D eigenvalue weighted by Crippen LogP contribution is 2.29. The van der Waals surface area contributed by atoms with Gasteiger partial charge in [0.2, 0.25) is 0 Å². The summed E-state index contributed by atoms with van der Waals surface area (Å²) in [7, 11) is 0. The fourth-order valence-corrected chi connectivity index (χ4v) is 3.26. The van der Waals surface area contributed by atoms with Crippen LogP contribution < -0.4 is 0 Å². The van der Waals surface area contributed by atoms with Gasteiger partial charge in [0.25, 0.3) is 0 Å². The zero-order chi connectivity index (χ0) is 12.1. The summed E-state index contributed by atoms with van der Waals surface area (Å²) < 4.78 is 5.19. The van der Waals surface area contributed by atoms with Crippen molar-refractivity contribution in [3.63, 3.8) is 0 Å². The van der Waals surface area contributed by atoms with Gasteiger partial charge in [0.1, 0.15) is 6.61 Å². The highest BCUT2D eigenvalue weighted by Gasteiger charge is 2.33. The molecule has 2 rings (SSSR count). The summed E-state index contributed by atoms with van der Waals surface area (Å²) in [6, 6.07) is 1.17. The van der Waals surface area contributed by atoms with Crippen LogP contribution in [0.4, 0.5) is 0 Å². The van der Waals surface area contributed by atoms with Crippen LogP contribution in [-0.4, -0.2) is 36.1 Å². The van der Waals surface area contributed by atoms with Crippen LogP contribution in [0.3, 0.4) is 0 Å². The van der Waals surface area contributed by atoms with Gasteiger partial charge in [0.05, 0.1) is 6.42 Å². The smallest absolute Gasteiger partial charge is 0.307 e. The summed E-state index contributed by atoms with van der Waals surface area (Å²) in [6.07, 6.45) is 9.66. The molecule has 17 heavy (non-hydrogen) atoms. The van der Waals surface area contributed by atoms with Crippen LogP contribution in [0.2, 0.25) is 0 Å². The molecule has 0 amide bonds. The molecular formula is C14H25NO2. The molecule has 3 heteroatoms. The zero-order valence-corrected chi connectivity index (χ0v) is 11.0. The van der Waals surface area contributed by atoms with Crippen LogP contribution in [0.25, 0.3) is 0 Å². The summed E-state index contributed by atoms with van der Waals surface area (Å²) in [6.45, 7) is 3.80. The number of hydrogen-bond acceptors (Lipinski definition) is 3. The number of esters is 1. The number of nitrogens with zero attached hydrogens (tertiary/aromatic N) is 1. The maximum Gasteiger partial charge on any atom is 0.307 e. The molecule has 0 spiro atoms. The molecule has 0 unspecified atom stereocenters. The van der Waals surface area contributed by atoms with E-state index in [4.69, 9.17) is 4.74 Å². The Labute approximate surface area is 105 Å². The summed E-state index contributed by atoms with van der Waals surface area (Å²) >= 11 is 0. The number of unbranched alkanes of at least 4 members (excludes halogenated alkanes) is 2. The molecule has 0 saturated carbocycles. The van der Waals surface area contributed by atoms with Crippen molar-refractivity contribution in [2.75, 3.05) is 13.2 Å². The van der Waals surface area contributed by atoms with Crippen LogP contribution in [0.15, 0.2) is 0 Å². The van der Waals surface area contributed by atoms with Gasteiger partial charge in [-0.3, -0.25) is 9.69 Å². The third-order valence-electron chi connectivity index (χ3n) is 4.17. The van der Waals surface area contributed by atoms with Crippen LogP contribution in [0.5, 0.6) is 0 Å². The average molecular weight is 239 g/mol. The van der Waals surface area contributed by atoms with Gasteiger partial charge in [0, 0.05) is 18.6 Å². The molecular weight excluding hydrogens is 214 g/mol. The second-order valence-corrected chi connectivity index (χ2v) is 5.40. The fourth-order valence-electron chi connectivity index (χ4n) is 3.26. The third-order valence-corrected chi connectivity index (χ3v) is 4.17. The van der Waals surface area contributed by atoms with Gasteiger partial charge in [-0.1, -0.05) is 32.6 Å². The Kier molecular flexibility index (Phi) is 4.84. The maximum absolute atomic E-state index is 11.5. The second kappa shape index (κ2) is 6.39. The summed E-state index contributed by atoms with van der Waals surface area (Å²) in [5, 5.41) is 0. The van der Waals surface area contributed by atoms with Crippen molar-refractivity contribution in [1.82, 2.24) is 4.90 Å². The van der Waals surface area contributed by atoms with Gasteiger partial charge < -0.3 is 4.74 Å². The number of hydrogen-bond donors (Lipinski definition) is 0. The standard InChI is InChI=1S/C14H25NO2/c1-2-3-4-6-12-7-5-8-13-11-14(16)17-10-9-15(12)13/h12-13H,2-11H2,1H3/t12-,13-/m0/s1. The molecule has 2 aliphatic rings. The molecule has 2 atom stereocenters. The van der Waals surface area contributed by atoms with E-state index in [-0.39, 0.29) is 5.97 Å². The van der Waals surface area contributed by atoms with E-state index in [9.17, 15) is 4.79 Å². The minimum Gasteiger partial charge on any atom is -0.464 e. The van der Waals surface area contributed by atoms with Crippen molar-refractivity contribution >= 4 is 5.97 Å². The number of ether oxygens (including phenoxy) is 1. The van der Waals surface area contributed by atoms with Gasteiger partial charge in [-0.15, -0.1) is 0 Å². The Balaban J connectivity index is 1.90. The van der Waals surface area contributed by atoms with Gasteiger partial charge in [-0.05, 0) is 19.3 Å². The molecule has 0 bridgehead atoms. The zero-order valence-electron chi connectivity index (χ0n) is 11.0. The first-order valence-corrected chi connectivity index (χ1v) is 7.22. The highest BCUT2D eigenvalue weighted by atomic mass is 16.5. The number of fused-ring (bicyclic) bond motifs is 1. The molecule has 0 aromatic rings.